The van der Waals surface area contributed by atoms with E-state index in [4.69, 9.17) is 5.11 Å². The molecule has 5 nitrogen and oxygen atoms in total. The fraction of sp³-hybridized carbons (Fsp3) is 0.429. The summed E-state index contributed by atoms with van der Waals surface area (Å²) in [5, 5.41) is 14.3. The van der Waals surface area contributed by atoms with Crippen molar-refractivity contribution in [2.45, 2.75) is 26.4 Å². The molecule has 1 aromatic carbocycles. The van der Waals surface area contributed by atoms with E-state index in [9.17, 15) is 14.0 Å². The number of rotatable bonds is 7. The first-order chi connectivity index (χ1) is 9.40. The van der Waals surface area contributed by atoms with Crippen molar-refractivity contribution in [2.24, 2.45) is 5.92 Å². The predicted molar refractivity (Wildman–Crippen MR) is 72.5 cm³/mol. The summed E-state index contributed by atoms with van der Waals surface area (Å²) >= 11 is 0. The van der Waals surface area contributed by atoms with Crippen LogP contribution in [0.2, 0.25) is 0 Å². The zero-order valence-corrected chi connectivity index (χ0v) is 11.5. The Bertz CT molecular complexity index is 460. The third kappa shape index (κ3) is 5.36. The molecule has 110 valence electrons. The Morgan fingerprint density at radius 1 is 1.25 bits per heavy atom. The molecule has 1 atom stereocenters. The zero-order valence-electron chi connectivity index (χ0n) is 11.5. The van der Waals surface area contributed by atoms with Crippen molar-refractivity contribution in [2.75, 3.05) is 6.54 Å². The van der Waals surface area contributed by atoms with Crippen LogP contribution in [-0.2, 0) is 16.1 Å². The monoisotopic (exact) mass is 282 g/mol. The van der Waals surface area contributed by atoms with Gasteiger partial charge >= 0.3 is 5.97 Å². The summed E-state index contributed by atoms with van der Waals surface area (Å²) in [6, 6.07) is 5.04. The number of carboxylic acid groups (broad SMARTS) is 1. The lowest BCUT2D eigenvalue weighted by atomic mass is 10.1. The summed E-state index contributed by atoms with van der Waals surface area (Å²) in [5.41, 5.74) is 0.776. The number of amides is 1. The summed E-state index contributed by atoms with van der Waals surface area (Å²) in [5.74, 6) is -1.73. The average Bonchev–Trinajstić information content (AvgIpc) is 2.37. The van der Waals surface area contributed by atoms with E-state index < -0.39 is 12.0 Å². The second kappa shape index (κ2) is 7.59. The Balaban J connectivity index is 2.36. The minimum atomic E-state index is -0.980. The van der Waals surface area contributed by atoms with E-state index in [2.05, 4.69) is 10.6 Å². The van der Waals surface area contributed by atoms with Crippen molar-refractivity contribution < 1.29 is 19.1 Å². The molecule has 0 bridgehead atoms. The topological polar surface area (TPSA) is 78.4 Å². The molecule has 0 spiro atoms. The molecule has 20 heavy (non-hydrogen) atoms. The largest absolute Gasteiger partial charge is 0.480 e. The second-order valence-electron chi connectivity index (χ2n) is 4.84. The number of benzene rings is 1. The van der Waals surface area contributed by atoms with Gasteiger partial charge in [-0.15, -0.1) is 0 Å². The van der Waals surface area contributed by atoms with Crippen LogP contribution in [0.4, 0.5) is 4.39 Å². The Morgan fingerprint density at radius 2 is 1.85 bits per heavy atom. The summed E-state index contributed by atoms with van der Waals surface area (Å²) in [4.78, 5) is 22.5. The van der Waals surface area contributed by atoms with Gasteiger partial charge in [0.15, 0.2) is 0 Å². The van der Waals surface area contributed by atoms with Crippen LogP contribution in [0.5, 0.6) is 0 Å². The molecule has 1 unspecified atom stereocenters. The number of hydrogen-bond acceptors (Lipinski definition) is 3. The molecule has 0 fully saturated rings. The summed E-state index contributed by atoms with van der Waals surface area (Å²) < 4.78 is 12.7. The van der Waals surface area contributed by atoms with Crippen LogP contribution < -0.4 is 10.6 Å². The van der Waals surface area contributed by atoms with Crippen LogP contribution >= 0.6 is 0 Å². The lowest BCUT2D eigenvalue weighted by Gasteiger charge is -2.17. The van der Waals surface area contributed by atoms with Gasteiger partial charge in [-0.3, -0.25) is 14.9 Å². The van der Waals surface area contributed by atoms with Gasteiger partial charge in [-0.2, -0.15) is 0 Å². The highest BCUT2D eigenvalue weighted by Gasteiger charge is 2.21. The van der Waals surface area contributed by atoms with Crippen molar-refractivity contribution in [3.63, 3.8) is 0 Å². The smallest absolute Gasteiger partial charge is 0.320 e. The highest BCUT2D eigenvalue weighted by atomic mass is 19.1. The average molecular weight is 282 g/mol. The van der Waals surface area contributed by atoms with Gasteiger partial charge in [-0.05, 0) is 23.6 Å². The van der Waals surface area contributed by atoms with Crippen LogP contribution in [0.15, 0.2) is 24.3 Å². The Labute approximate surface area is 117 Å². The van der Waals surface area contributed by atoms with Gasteiger partial charge in [-0.25, -0.2) is 4.39 Å². The van der Waals surface area contributed by atoms with Crippen LogP contribution in [-0.4, -0.2) is 29.6 Å². The first-order valence-corrected chi connectivity index (χ1v) is 6.37. The molecule has 0 saturated heterocycles. The molecule has 0 radical (unpaired) electrons. The van der Waals surface area contributed by atoms with Crippen LogP contribution in [0.1, 0.15) is 19.4 Å². The minimum absolute atomic E-state index is 0.0731. The first kappa shape index (κ1) is 16.1. The first-order valence-electron chi connectivity index (χ1n) is 6.37. The SMILES string of the molecule is CC(C)C(NCC(=O)NCc1ccc(F)cc1)C(=O)O. The molecule has 0 aliphatic carbocycles. The van der Waals surface area contributed by atoms with E-state index in [1.165, 1.54) is 12.1 Å². The van der Waals surface area contributed by atoms with E-state index in [0.717, 1.165) is 5.56 Å². The normalized spacial score (nSPS) is 12.2. The third-order valence-corrected chi connectivity index (χ3v) is 2.82. The molecule has 6 heteroatoms. The minimum Gasteiger partial charge on any atom is -0.480 e. The van der Waals surface area contributed by atoms with Crippen LogP contribution in [0, 0.1) is 11.7 Å². The maximum absolute atomic E-state index is 12.7. The predicted octanol–water partition coefficient (Wildman–Crippen LogP) is 1.14. The zero-order chi connectivity index (χ0) is 15.1. The van der Waals surface area contributed by atoms with Crippen molar-refractivity contribution in [3.8, 4) is 0 Å². The molecule has 0 aromatic heterocycles. The Morgan fingerprint density at radius 3 is 2.35 bits per heavy atom. The van der Waals surface area contributed by atoms with Crippen LogP contribution in [0.25, 0.3) is 0 Å². The second-order valence-corrected chi connectivity index (χ2v) is 4.84. The number of carboxylic acids is 1. The standard InChI is InChI=1S/C14H19FN2O3/c1-9(2)13(14(19)20)17-8-12(18)16-7-10-3-5-11(15)6-4-10/h3-6,9,13,17H,7-8H2,1-2H3,(H,16,18)(H,19,20). The van der Waals surface area contributed by atoms with E-state index in [0.29, 0.717) is 0 Å². The molecule has 0 aliphatic heterocycles. The Hall–Kier alpha value is -1.95. The molecule has 3 N–H and O–H groups in total. The fourth-order valence-electron chi connectivity index (χ4n) is 1.68. The quantitative estimate of drug-likeness (QED) is 0.701. The molecule has 0 saturated carbocycles. The lowest BCUT2D eigenvalue weighted by Crippen LogP contribution is -2.45. The number of carbonyl (C=O) groups is 2. The number of hydrogen-bond donors (Lipinski definition) is 3. The third-order valence-electron chi connectivity index (χ3n) is 2.82. The fourth-order valence-corrected chi connectivity index (χ4v) is 1.68. The van der Waals surface area contributed by atoms with E-state index in [1.807, 2.05) is 0 Å². The van der Waals surface area contributed by atoms with Gasteiger partial charge in [-0.1, -0.05) is 26.0 Å². The van der Waals surface area contributed by atoms with Crippen molar-refractivity contribution >= 4 is 11.9 Å². The van der Waals surface area contributed by atoms with Gasteiger partial charge in [0.2, 0.25) is 5.91 Å². The highest BCUT2D eigenvalue weighted by Crippen LogP contribution is 2.02. The molecule has 1 rings (SSSR count). The highest BCUT2D eigenvalue weighted by molar-refractivity contribution is 5.79. The van der Waals surface area contributed by atoms with Crippen molar-refractivity contribution in [3.05, 3.63) is 35.6 Å². The maximum atomic E-state index is 12.7. The maximum Gasteiger partial charge on any atom is 0.320 e. The van der Waals surface area contributed by atoms with Crippen LogP contribution in [0.3, 0.4) is 0 Å². The lowest BCUT2D eigenvalue weighted by molar-refractivity contribution is -0.140. The molecule has 1 amide bonds. The van der Waals surface area contributed by atoms with Gasteiger partial charge in [0.25, 0.3) is 0 Å². The van der Waals surface area contributed by atoms with Gasteiger partial charge in [0.1, 0.15) is 11.9 Å². The molecule has 0 aliphatic rings. The van der Waals surface area contributed by atoms with Crippen molar-refractivity contribution in [1.29, 1.82) is 0 Å². The van der Waals surface area contributed by atoms with E-state index >= 15 is 0 Å². The Kier molecular flexibility index (Phi) is 6.11. The van der Waals surface area contributed by atoms with E-state index in [1.54, 1.807) is 26.0 Å². The number of carbonyl (C=O) groups excluding carboxylic acids is 1. The van der Waals surface area contributed by atoms with Gasteiger partial charge in [0.05, 0.1) is 6.54 Å². The molecule has 1 aromatic rings. The van der Waals surface area contributed by atoms with Gasteiger partial charge in [0, 0.05) is 6.54 Å². The summed E-state index contributed by atoms with van der Waals surface area (Å²) in [6.07, 6.45) is 0. The summed E-state index contributed by atoms with van der Waals surface area (Å²) in [6.45, 7) is 3.74. The summed E-state index contributed by atoms with van der Waals surface area (Å²) in [7, 11) is 0. The molecular weight excluding hydrogens is 263 g/mol. The molecule has 0 heterocycles. The molecular formula is C14H19FN2O3. The number of aliphatic carboxylic acids is 1. The number of nitrogens with one attached hydrogen (secondary N) is 2. The number of halogens is 1. The van der Waals surface area contributed by atoms with Gasteiger partial charge < -0.3 is 10.4 Å². The van der Waals surface area contributed by atoms with E-state index in [-0.39, 0.29) is 30.7 Å². The van der Waals surface area contributed by atoms with Crippen molar-refractivity contribution in [1.82, 2.24) is 10.6 Å².